The molecular formula is C84H54N6O6. The van der Waals surface area contributed by atoms with Gasteiger partial charge < -0.3 is 0 Å². The normalized spacial score (nSPS) is 21.1. The number of benzene rings is 10. The van der Waals surface area contributed by atoms with Gasteiger partial charge in [-0.3, -0.25) is 58.4 Å². The molecule has 13 aromatic rings. The van der Waals surface area contributed by atoms with Crippen LogP contribution in [-0.4, -0.2) is 65.1 Å². The standard InChI is InChI=1S/C84H54N6O6/c91-79-64-25-43-19-55-49-31-61(58(55)22-46(43)28-67(64)82(94)88(79)37-40-13-16-85-73-10-4-1-7-52(40)73)76-70(34-49)77-62-33-51(57-21-45-27-66-68(29-47(45)23-59(57)62)83(95)90(81(66)93)39-42-15-18-87-75-12-6-3-9-54(42)75)36-72(77)78-63-32-50(35-71(76)78)56-20-44-26-65-69(30-48(44)24-60(56)63)84(96)89(80(65)92)38-41-14-17-86-74-11-5-2-8-53(41)74/h1-30,49-51,61-63H,31-39H2/t49-,50-,51-,61-,62-,63-/m1/s1. The maximum atomic E-state index is 14.5. The Labute approximate surface area is 548 Å². The summed E-state index contributed by atoms with van der Waals surface area (Å²) in [7, 11) is 0. The van der Waals surface area contributed by atoms with Crippen molar-refractivity contribution in [2.45, 2.75) is 93.7 Å². The van der Waals surface area contributed by atoms with Crippen molar-refractivity contribution in [3.63, 3.8) is 0 Å². The molecule has 12 nitrogen and oxygen atoms in total. The lowest BCUT2D eigenvalue weighted by Crippen LogP contribution is -2.29. The van der Waals surface area contributed by atoms with Crippen molar-refractivity contribution in [3.8, 4) is 0 Å². The molecule has 3 aliphatic heterocycles. The molecule has 12 heteroatoms. The van der Waals surface area contributed by atoms with Crippen LogP contribution in [0.25, 0.3) is 65.0 Å². The molecule has 0 fully saturated rings. The van der Waals surface area contributed by atoms with E-state index >= 15 is 0 Å². The maximum Gasteiger partial charge on any atom is 0.261 e. The largest absolute Gasteiger partial charge is 0.270 e. The molecule has 456 valence electrons. The second-order valence-electron chi connectivity index (χ2n) is 28.5. The molecule has 6 atom stereocenters. The first kappa shape index (κ1) is 53.0. The number of carbonyl (C=O) groups excluding carboxylic acids is 6. The Morgan fingerprint density at radius 1 is 0.302 bits per heavy atom. The van der Waals surface area contributed by atoms with E-state index in [1.165, 1.54) is 81.5 Å². The molecule has 0 radical (unpaired) electrons. The Balaban J connectivity index is 0.671. The molecule has 96 heavy (non-hydrogen) atoms. The average molecular weight is 1240 g/mol. The van der Waals surface area contributed by atoms with Crippen molar-refractivity contribution >= 4 is 100 Å². The van der Waals surface area contributed by atoms with Crippen molar-refractivity contribution < 1.29 is 28.8 Å². The lowest BCUT2D eigenvalue weighted by molar-refractivity contribution is 0.0628. The van der Waals surface area contributed by atoms with Gasteiger partial charge in [-0.15, -0.1) is 0 Å². The van der Waals surface area contributed by atoms with E-state index in [1.54, 1.807) is 18.6 Å². The van der Waals surface area contributed by atoms with Crippen LogP contribution in [0.3, 0.4) is 0 Å². The van der Waals surface area contributed by atoms with Crippen LogP contribution in [0.1, 0.15) is 200 Å². The zero-order valence-corrected chi connectivity index (χ0v) is 51.8. The number of para-hydroxylation sites is 3. The number of pyridine rings is 3. The number of aromatic nitrogens is 3. The van der Waals surface area contributed by atoms with E-state index in [4.69, 9.17) is 0 Å². The van der Waals surface area contributed by atoms with Gasteiger partial charge in [0.15, 0.2) is 0 Å². The van der Waals surface area contributed by atoms with Gasteiger partial charge in [-0.2, -0.15) is 0 Å². The molecule has 0 N–H and O–H groups in total. The molecule has 10 aromatic carbocycles. The fourth-order valence-corrected chi connectivity index (χ4v) is 19.8. The highest BCUT2D eigenvalue weighted by Gasteiger charge is 2.51. The second-order valence-corrected chi connectivity index (χ2v) is 28.5. The van der Waals surface area contributed by atoms with Crippen LogP contribution in [-0.2, 0) is 38.9 Å². The smallest absolute Gasteiger partial charge is 0.261 e. The van der Waals surface area contributed by atoms with Crippen LogP contribution in [0.4, 0.5) is 0 Å². The lowest BCUT2D eigenvalue weighted by atomic mass is 9.64. The topological polar surface area (TPSA) is 151 Å². The number of imide groups is 3. The van der Waals surface area contributed by atoms with Crippen LogP contribution in [0.2, 0.25) is 0 Å². The Hall–Kier alpha value is -11.4. The number of rotatable bonds is 6. The van der Waals surface area contributed by atoms with Crippen LogP contribution < -0.4 is 0 Å². The fourth-order valence-electron chi connectivity index (χ4n) is 19.8. The van der Waals surface area contributed by atoms with Crippen LogP contribution >= 0.6 is 0 Å². The zero-order chi connectivity index (χ0) is 63.4. The van der Waals surface area contributed by atoms with E-state index in [0.29, 0.717) is 33.4 Å². The van der Waals surface area contributed by atoms with Gasteiger partial charge in [0.2, 0.25) is 0 Å². The van der Waals surface area contributed by atoms with E-state index in [2.05, 4.69) is 51.4 Å². The zero-order valence-electron chi connectivity index (χ0n) is 51.8. The highest BCUT2D eigenvalue weighted by Crippen LogP contribution is 2.65. The predicted octanol–water partition coefficient (Wildman–Crippen LogP) is 15.7. The number of amides is 6. The van der Waals surface area contributed by atoms with Gasteiger partial charge in [0.1, 0.15) is 0 Å². The van der Waals surface area contributed by atoms with Gasteiger partial charge in [-0.25, -0.2) is 0 Å². The minimum absolute atomic E-state index is 0.112. The molecule has 0 spiro atoms. The molecule has 0 saturated heterocycles. The number of nitrogens with zero attached hydrogens (tertiary/aromatic N) is 6. The third-order valence-corrected chi connectivity index (χ3v) is 23.9. The van der Waals surface area contributed by atoms with Crippen molar-refractivity contribution in [3.05, 3.63) is 299 Å². The summed E-state index contributed by atoms with van der Waals surface area (Å²) in [5, 5.41) is 8.54. The van der Waals surface area contributed by atoms with E-state index in [9.17, 15) is 28.8 Å². The van der Waals surface area contributed by atoms with Gasteiger partial charge in [-0.1, -0.05) is 91.0 Å². The minimum Gasteiger partial charge on any atom is -0.270 e. The third kappa shape index (κ3) is 7.04. The second kappa shape index (κ2) is 18.7. The number of hydrogen-bond donors (Lipinski definition) is 0. The van der Waals surface area contributed by atoms with Gasteiger partial charge in [0, 0.05) is 52.5 Å². The first-order valence-corrected chi connectivity index (χ1v) is 33.6. The van der Waals surface area contributed by atoms with E-state index in [0.717, 1.165) is 120 Å². The summed E-state index contributed by atoms with van der Waals surface area (Å²) in [6.45, 7) is 0.463. The van der Waals surface area contributed by atoms with Crippen molar-refractivity contribution in [2.75, 3.05) is 0 Å². The summed E-state index contributed by atoms with van der Waals surface area (Å²) in [5.41, 5.74) is 24.5. The molecule has 6 bridgehead atoms. The number of hydrogen-bond acceptors (Lipinski definition) is 9. The molecule has 0 unspecified atom stereocenters. The molecule has 6 heterocycles. The third-order valence-electron chi connectivity index (χ3n) is 23.9. The van der Waals surface area contributed by atoms with Crippen LogP contribution in [0, 0.1) is 0 Å². The van der Waals surface area contributed by atoms with Gasteiger partial charge in [0.05, 0.1) is 69.6 Å². The summed E-state index contributed by atoms with van der Waals surface area (Å²) in [6.07, 6.45) is 10.8. The Morgan fingerprint density at radius 3 is 0.823 bits per heavy atom. The molecule has 3 aromatic heterocycles. The minimum atomic E-state index is -0.283. The van der Waals surface area contributed by atoms with Gasteiger partial charge in [-0.05, 0) is 245 Å². The summed E-state index contributed by atoms with van der Waals surface area (Å²) in [5.74, 6) is -0.609. The Kier molecular flexibility index (Phi) is 10.3. The van der Waals surface area contributed by atoms with E-state index < -0.39 is 0 Å². The van der Waals surface area contributed by atoms with Gasteiger partial charge >= 0.3 is 0 Å². The highest BCUT2D eigenvalue weighted by atomic mass is 16.2. The van der Waals surface area contributed by atoms with E-state index in [1.807, 2.05) is 127 Å². The number of fused-ring (bicyclic) bond motifs is 33. The monoisotopic (exact) mass is 1240 g/mol. The first-order valence-electron chi connectivity index (χ1n) is 33.6. The highest BCUT2D eigenvalue weighted by molar-refractivity contribution is 6.25. The summed E-state index contributed by atoms with van der Waals surface area (Å²) >= 11 is 0. The lowest BCUT2D eigenvalue weighted by Gasteiger charge is -2.40. The summed E-state index contributed by atoms with van der Waals surface area (Å²) < 4.78 is 0. The SMILES string of the molecule is O=C1c2cc3cc4c(cc3cc2C(=O)N1Cc1ccnc2ccccc12)[C@H]1C[C@@H]4Cc2c1c1c(c3c2[C@@H]2C[C@H](C3)c3cc4cc5c(cc4cc32)C(=O)N(Cc2ccnc3ccccc23)C5=O)[C@@H]2C[C@H](C1)c1cc3cc4c(cc3cc12)C(=O)N(Cc1ccnc2ccccc12)C4=O. The summed E-state index contributed by atoms with van der Waals surface area (Å²) in [6, 6.07) is 55.1. The van der Waals surface area contributed by atoms with Crippen molar-refractivity contribution in [2.24, 2.45) is 0 Å². The molecule has 9 aliphatic rings. The van der Waals surface area contributed by atoms with Gasteiger partial charge in [0.25, 0.3) is 35.4 Å². The quantitative estimate of drug-likeness (QED) is 0.148. The molecule has 6 aliphatic carbocycles. The maximum absolute atomic E-state index is 14.5. The Bertz CT molecular complexity index is 5390. The first-order chi connectivity index (χ1) is 47.0. The number of carbonyl (C=O) groups is 6. The predicted molar refractivity (Wildman–Crippen MR) is 365 cm³/mol. The van der Waals surface area contributed by atoms with Crippen LogP contribution in [0.15, 0.2) is 182 Å². The fraction of sp³-hybridized carbons (Fsp3) is 0.179. The van der Waals surface area contributed by atoms with Crippen molar-refractivity contribution in [1.29, 1.82) is 0 Å². The van der Waals surface area contributed by atoms with Crippen molar-refractivity contribution in [1.82, 2.24) is 29.7 Å². The van der Waals surface area contributed by atoms with Crippen LogP contribution in [0.5, 0.6) is 0 Å². The Morgan fingerprint density at radius 2 is 0.552 bits per heavy atom. The molecule has 0 saturated carbocycles. The molecule has 6 amide bonds. The van der Waals surface area contributed by atoms with E-state index in [-0.39, 0.29) is 90.6 Å². The molecule has 22 rings (SSSR count). The summed E-state index contributed by atoms with van der Waals surface area (Å²) in [4.78, 5) is 105. The molecular weight excluding hydrogens is 1190 g/mol. The average Bonchev–Trinajstić information content (AvgIpc) is 1.50.